The molecule has 0 radical (unpaired) electrons. The van der Waals surface area contributed by atoms with Crippen LogP contribution in [0.3, 0.4) is 0 Å². The summed E-state index contributed by atoms with van der Waals surface area (Å²) < 4.78 is 0. The molecule has 1 aromatic rings. The van der Waals surface area contributed by atoms with Gasteiger partial charge in [0.15, 0.2) is 0 Å². The maximum atomic E-state index is 5.95. The highest BCUT2D eigenvalue weighted by Crippen LogP contribution is 2.18. The molecule has 0 aliphatic rings. The standard InChI is InChI=1S/C9H10BrCl/c1-7(10)6-8-4-2-3-5-9(8)11/h2-5,7H,6H2,1H3. The van der Waals surface area contributed by atoms with Crippen LogP contribution in [0.25, 0.3) is 0 Å². The van der Waals surface area contributed by atoms with E-state index in [9.17, 15) is 0 Å². The van der Waals surface area contributed by atoms with Gasteiger partial charge in [-0.3, -0.25) is 0 Å². The number of benzene rings is 1. The Balaban J connectivity index is 2.78. The Morgan fingerprint density at radius 2 is 2.09 bits per heavy atom. The maximum absolute atomic E-state index is 5.95. The average molecular weight is 234 g/mol. The van der Waals surface area contributed by atoms with Crippen molar-refractivity contribution in [1.82, 2.24) is 0 Å². The first-order chi connectivity index (χ1) is 5.20. The van der Waals surface area contributed by atoms with E-state index in [1.54, 1.807) is 0 Å². The van der Waals surface area contributed by atoms with Crippen molar-refractivity contribution < 1.29 is 0 Å². The van der Waals surface area contributed by atoms with Gasteiger partial charge < -0.3 is 0 Å². The predicted octanol–water partition coefficient (Wildman–Crippen LogP) is 3.67. The number of halogens is 2. The van der Waals surface area contributed by atoms with Crippen LogP contribution in [0.1, 0.15) is 12.5 Å². The molecule has 1 atom stereocenters. The zero-order valence-electron chi connectivity index (χ0n) is 6.35. The number of hydrogen-bond donors (Lipinski definition) is 0. The van der Waals surface area contributed by atoms with Crippen LogP contribution in [0.15, 0.2) is 24.3 Å². The van der Waals surface area contributed by atoms with Gasteiger partial charge in [0.25, 0.3) is 0 Å². The molecule has 60 valence electrons. The second kappa shape index (κ2) is 4.13. The topological polar surface area (TPSA) is 0 Å². The fraction of sp³-hybridized carbons (Fsp3) is 0.333. The Labute approximate surface area is 80.7 Å². The molecule has 0 saturated heterocycles. The van der Waals surface area contributed by atoms with Crippen LogP contribution in [0, 0.1) is 0 Å². The van der Waals surface area contributed by atoms with E-state index in [1.165, 1.54) is 5.56 Å². The Morgan fingerprint density at radius 1 is 1.45 bits per heavy atom. The molecule has 11 heavy (non-hydrogen) atoms. The van der Waals surface area contributed by atoms with Gasteiger partial charge in [0.05, 0.1) is 0 Å². The van der Waals surface area contributed by atoms with E-state index in [0.29, 0.717) is 4.83 Å². The number of hydrogen-bond acceptors (Lipinski definition) is 0. The fourth-order valence-corrected chi connectivity index (χ4v) is 1.53. The summed E-state index contributed by atoms with van der Waals surface area (Å²) in [4.78, 5) is 0.488. The van der Waals surface area contributed by atoms with E-state index in [4.69, 9.17) is 11.6 Å². The van der Waals surface area contributed by atoms with E-state index < -0.39 is 0 Å². The maximum Gasteiger partial charge on any atom is 0.0438 e. The third kappa shape index (κ3) is 2.84. The molecule has 1 unspecified atom stereocenters. The van der Waals surface area contributed by atoms with E-state index >= 15 is 0 Å². The minimum Gasteiger partial charge on any atom is -0.0890 e. The predicted molar refractivity (Wildman–Crippen MR) is 53.5 cm³/mol. The van der Waals surface area contributed by atoms with Crippen molar-refractivity contribution in [2.24, 2.45) is 0 Å². The Hall–Kier alpha value is -0.0100. The second-order valence-corrected chi connectivity index (χ2v) is 4.55. The zero-order valence-corrected chi connectivity index (χ0v) is 8.69. The summed E-state index contributed by atoms with van der Waals surface area (Å²) in [7, 11) is 0. The largest absolute Gasteiger partial charge is 0.0890 e. The number of alkyl halides is 1. The molecule has 0 spiro atoms. The average Bonchev–Trinajstić information content (AvgIpc) is 1.93. The van der Waals surface area contributed by atoms with E-state index in [1.807, 2.05) is 18.2 Å². The van der Waals surface area contributed by atoms with Crippen LogP contribution < -0.4 is 0 Å². The molecular weight excluding hydrogens is 223 g/mol. The van der Waals surface area contributed by atoms with E-state index in [0.717, 1.165) is 11.4 Å². The molecule has 0 N–H and O–H groups in total. The highest BCUT2D eigenvalue weighted by molar-refractivity contribution is 9.09. The minimum atomic E-state index is 0.488. The van der Waals surface area contributed by atoms with Gasteiger partial charge in [-0.1, -0.05) is 52.7 Å². The van der Waals surface area contributed by atoms with Crippen LogP contribution in [-0.4, -0.2) is 4.83 Å². The van der Waals surface area contributed by atoms with Gasteiger partial charge in [-0.05, 0) is 18.1 Å². The molecule has 0 amide bonds. The molecule has 0 fully saturated rings. The molecule has 0 heterocycles. The first-order valence-corrected chi connectivity index (χ1v) is 4.87. The quantitative estimate of drug-likeness (QED) is 0.684. The molecule has 1 rings (SSSR count). The highest BCUT2D eigenvalue weighted by atomic mass is 79.9. The van der Waals surface area contributed by atoms with Crippen LogP contribution >= 0.6 is 27.5 Å². The summed E-state index contributed by atoms with van der Waals surface area (Å²) in [6, 6.07) is 7.94. The summed E-state index contributed by atoms with van der Waals surface area (Å²) >= 11 is 9.43. The van der Waals surface area contributed by atoms with Crippen LogP contribution in [0.4, 0.5) is 0 Å². The van der Waals surface area contributed by atoms with Gasteiger partial charge >= 0.3 is 0 Å². The third-order valence-corrected chi connectivity index (χ3v) is 2.15. The van der Waals surface area contributed by atoms with Crippen LogP contribution in [0.2, 0.25) is 5.02 Å². The Bertz CT molecular complexity index is 233. The molecule has 1 aromatic carbocycles. The van der Waals surface area contributed by atoms with Crippen molar-refractivity contribution in [3.63, 3.8) is 0 Å². The summed E-state index contributed by atoms with van der Waals surface area (Å²) in [5, 5.41) is 0.860. The highest BCUT2D eigenvalue weighted by Gasteiger charge is 2.01. The summed E-state index contributed by atoms with van der Waals surface area (Å²) in [6.07, 6.45) is 0.986. The van der Waals surface area contributed by atoms with Gasteiger partial charge in [-0.2, -0.15) is 0 Å². The number of rotatable bonds is 2. The van der Waals surface area contributed by atoms with Gasteiger partial charge in [0.1, 0.15) is 0 Å². The Morgan fingerprint density at radius 3 is 2.64 bits per heavy atom. The fourth-order valence-electron chi connectivity index (χ4n) is 0.967. The lowest BCUT2D eigenvalue weighted by atomic mass is 10.1. The molecule has 0 aliphatic carbocycles. The molecule has 0 saturated carbocycles. The second-order valence-electron chi connectivity index (χ2n) is 2.58. The zero-order chi connectivity index (χ0) is 8.27. The molecule has 0 nitrogen and oxygen atoms in total. The summed E-state index contributed by atoms with van der Waals surface area (Å²) in [6.45, 7) is 2.11. The van der Waals surface area contributed by atoms with E-state index in [2.05, 4.69) is 28.9 Å². The monoisotopic (exact) mass is 232 g/mol. The lowest BCUT2D eigenvalue weighted by molar-refractivity contribution is 0.960. The molecular formula is C9H10BrCl. The van der Waals surface area contributed by atoms with Gasteiger partial charge in [-0.15, -0.1) is 0 Å². The van der Waals surface area contributed by atoms with Crippen molar-refractivity contribution in [3.05, 3.63) is 34.9 Å². The summed E-state index contributed by atoms with van der Waals surface area (Å²) in [5.74, 6) is 0. The molecule has 2 heteroatoms. The molecule has 0 aliphatic heterocycles. The molecule has 0 aromatic heterocycles. The normalized spacial score (nSPS) is 13.0. The minimum absolute atomic E-state index is 0.488. The van der Waals surface area contributed by atoms with Crippen LogP contribution in [0.5, 0.6) is 0 Å². The SMILES string of the molecule is CC(Br)Cc1ccccc1Cl. The van der Waals surface area contributed by atoms with Gasteiger partial charge in [0, 0.05) is 9.85 Å². The van der Waals surface area contributed by atoms with Crippen molar-refractivity contribution >= 4 is 27.5 Å². The lowest BCUT2D eigenvalue weighted by Gasteiger charge is -2.04. The van der Waals surface area contributed by atoms with Crippen molar-refractivity contribution in [1.29, 1.82) is 0 Å². The van der Waals surface area contributed by atoms with Gasteiger partial charge in [0.2, 0.25) is 0 Å². The third-order valence-electron chi connectivity index (χ3n) is 1.46. The first kappa shape index (κ1) is 9.08. The van der Waals surface area contributed by atoms with Crippen molar-refractivity contribution in [3.8, 4) is 0 Å². The molecule has 0 bridgehead atoms. The van der Waals surface area contributed by atoms with Crippen molar-refractivity contribution in [2.45, 2.75) is 18.2 Å². The van der Waals surface area contributed by atoms with Crippen LogP contribution in [-0.2, 0) is 6.42 Å². The Kier molecular flexibility index (Phi) is 3.41. The first-order valence-electron chi connectivity index (χ1n) is 3.57. The van der Waals surface area contributed by atoms with E-state index in [-0.39, 0.29) is 0 Å². The lowest BCUT2D eigenvalue weighted by Crippen LogP contribution is -1.96. The summed E-state index contributed by atoms with van der Waals surface area (Å²) in [5.41, 5.74) is 1.21. The smallest absolute Gasteiger partial charge is 0.0438 e. The van der Waals surface area contributed by atoms with Crippen molar-refractivity contribution in [2.75, 3.05) is 0 Å². The van der Waals surface area contributed by atoms with Gasteiger partial charge in [-0.25, -0.2) is 0 Å².